The minimum atomic E-state index is -0.0987. The van der Waals surface area contributed by atoms with Gasteiger partial charge in [-0.15, -0.1) is 0 Å². The van der Waals surface area contributed by atoms with Gasteiger partial charge in [0.1, 0.15) is 5.52 Å². The van der Waals surface area contributed by atoms with Gasteiger partial charge in [0.05, 0.1) is 26.7 Å². The molecule has 0 saturated heterocycles. The summed E-state index contributed by atoms with van der Waals surface area (Å²) in [6.07, 6.45) is 3.20. The minimum Gasteiger partial charge on any atom is -0.493 e. The second-order valence-corrected chi connectivity index (χ2v) is 10.1. The summed E-state index contributed by atoms with van der Waals surface area (Å²) in [5.74, 6) is 2.00. The van der Waals surface area contributed by atoms with Crippen molar-refractivity contribution in [1.82, 2.24) is 14.5 Å². The predicted molar refractivity (Wildman–Crippen MR) is 148 cm³/mol. The molecule has 1 heterocycles. The van der Waals surface area contributed by atoms with Crippen LogP contribution < -0.4 is 19.8 Å². The molecule has 0 atom stereocenters. The summed E-state index contributed by atoms with van der Waals surface area (Å²) in [4.78, 5) is 21.1. The molecule has 1 aromatic heterocycles. The Morgan fingerprint density at radius 1 is 0.944 bits per heavy atom. The third-order valence-electron chi connectivity index (χ3n) is 6.18. The average Bonchev–Trinajstić information content (AvgIpc) is 2.85. The molecular formula is C28H39N3O4S. The molecule has 2 aromatic carbocycles. The van der Waals surface area contributed by atoms with Crippen molar-refractivity contribution < 1.29 is 14.2 Å². The maximum Gasteiger partial charge on any atom is 0.262 e. The molecule has 0 fully saturated rings. The molecule has 3 rings (SSSR count). The van der Waals surface area contributed by atoms with Crippen LogP contribution in [-0.4, -0.2) is 55.9 Å². The number of aryl methyl sites for hydroxylation is 2. The number of aromatic nitrogens is 2. The lowest BCUT2D eigenvalue weighted by Crippen LogP contribution is -2.27. The Labute approximate surface area is 218 Å². The molecule has 0 radical (unpaired) electrons. The van der Waals surface area contributed by atoms with Crippen molar-refractivity contribution in [3.05, 3.63) is 51.3 Å². The second-order valence-electron chi connectivity index (χ2n) is 9.19. The Balaban J connectivity index is 2.04. The molecule has 0 N–H and O–H groups in total. The van der Waals surface area contributed by atoms with E-state index >= 15 is 0 Å². The number of benzene rings is 2. The maximum atomic E-state index is 13.8. The fraction of sp³-hybridized carbons (Fsp3) is 0.500. The molecule has 0 spiro atoms. The first-order chi connectivity index (χ1) is 17.3. The zero-order valence-corrected chi connectivity index (χ0v) is 23.5. The maximum absolute atomic E-state index is 13.8. The Kier molecular flexibility index (Phi) is 10.1. The highest BCUT2D eigenvalue weighted by Crippen LogP contribution is 2.42. The molecule has 196 valence electrons. The molecular weight excluding hydrogens is 474 g/mol. The second kappa shape index (κ2) is 13.0. The van der Waals surface area contributed by atoms with Gasteiger partial charge >= 0.3 is 0 Å². The number of unbranched alkanes of at least 4 members (excludes halogenated alkanes) is 1. The van der Waals surface area contributed by atoms with Crippen molar-refractivity contribution >= 4 is 22.7 Å². The van der Waals surface area contributed by atoms with E-state index in [1.165, 1.54) is 29.5 Å². The Bertz CT molecular complexity index is 1220. The molecule has 0 amide bonds. The number of thioether (sulfide) groups is 1. The van der Waals surface area contributed by atoms with Crippen LogP contribution in [0.25, 0.3) is 10.9 Å². The summed E-state index contributed by atoms with van der Waals surface area (Å²) >= 11 is 1.57. The molecule has 0 bridgehead atoms. The SMILES string of the molecule is CCCCN(C)CCCn1c(SCc2cc(C)cc(C)c2)nc2c(OC)c(OC)c(OC)cc2c1=O. The quantitative estimate of drug-likeness (QED) is 0.222. The molecule has 8 heteroatoms. The van der Waals surface area contributed by atoms with Gasteiger partial charge in [0.2, 0.25) is 5.75 Å². The van der Waals surface area contributed by atoms with Gasteiger partial charge in [-0.2, -0.15) is 0 Å². The van der Waals surface area contributed by atoms with E-state index in [1.807, 2.05) is 0 Å². The van der Waals surface area contributed by atoms with Crippen LogP contribution in [0.3, 0.4) is 0 Å². The Hall–Kier alpha value is -2.71. The predicted octanol–water partition coefficient (Wildman–Crippen LogP) is 5.45. The highest BCUT2D eigenvalue weighted by molar-refractivity contribution is 7.98. The lowest BCUT2D eigenvalue weighted by atomic mass is 10.1. The fourth-order valence-electron chi connectivity index (χ4n) is 4.45. The first-order valence-corrected chi connectivity index (χ1v) is 13.4. The van der Waals surface area contributed by atoms with E-state index in [2.05, 4.69) is 50.9 Å². The molecule has 7 nitrogen and oxygen atoms in total. The third kappa shape index (κ3) is 6.53. The number of hydrogen-bond donors (Lipinski definition) is 0. The fourth-order valence-corrected chi connectivity index (χ4v) is 5.40. The van der Waals surface area contributed by atoms with Crippen LogP contribution in [0, 0.1) is 13.8 Å². The highest BCUT2D eigenvalue weighted by atomic mass is 32.2. The monoisotopic (exact) mass is 513 g/mol. The largest absolute Gasteiger partial charge is 0.493 e. The smallest absolute Gasteiger partial charge is 0.262 e. The molecule has 36 heavy (non-hydrogen) atoms. The minimum absolute atomic E-state index is 0.0987. The van der Waals surface area contributed by atoms with Crippen molar-refractivity contribution in [3.63, 3.8) is 0 Å². The number of rotatable bonds is 13. The molecule has 0 aliphatic rings. The summed E-state index contributed by atoms with van der Waals surface area (Å²) in [6, 6.07) is 8.23. The summed E-state index contributed by atoms with van der Waals surface area (Å²) in [7, 11) is 6.79. The summed E-state index contributed by atoms with van der Waals surface area (Å²) in [5, 5.41) is 1.13. The molecule has 0 aliphatic heterocycles. The molecule has 0 saturated carbocycles. The molecule has 0 aliphatic carbocycles. The lowest BCUT2D eigenvalue weighted by Gasteiger charge is -2.19. The van der Waals surface area contributed by atoms with E-state index in [1.54, 1.807) is 43.7 Å². The number of nitrogens with zero attached hydrogens (tertiary/aromatic N) is 3. The number of fused-ring (bicyclic) bond motifs is 1. The van der Waals surface area contributed by atoms with Gasteiger partial charge in [-0.05, 0) is 58.5 Å². The van der Waals surface area contributed by atoms with Gasteiger partial charge in [0, 0.05) is 12.3 Å². The Morgan fingerprint density at radius 3 is 2.22 bits per heavy atom. The van der Waals surface area contributed by atoms with Gasteiger partial charge in [-0.25, -0.2) is 4.98 Å². The van der Waals surface area contributed by atoms with Crippen molar-refractivity contribution in [2.75, 3.05) is 41.5 Å². The number of methoxy groups -OCH3 is 3. The van der Waals surface area contributed by atoms with Crippen molar-refractivity contribution in [3.8, 4) is 17.2 Å². The molecule has 3 aromatic rings. The standard InChI is InChI=1S/C28H39N3O4S/c1-8-9-11-30(4)12-10-13-31-27(32)22-17-23(33-5)25(34-6)26(35-7)24(22)29-28(31)36-18-21-15-19(2)14-20(3)16-21/h14-17H,8-13,18H2,1-7H3. The van der Waals surface area contributed by atoms with E-state index in [-0.39, 0.29) is 5.56 Å². The van der Waals surface area contributed by atoms with Crippen LogP contribution in [0.1, 0.15) is 42.9 Å². The van der Waals surface area contributed by atoms with Gasteiger partial charge in [0.15, 0.2) is 16.7 Å². The van der Waals surface area contributed by atoms with Crippen molar-refractivity contribution in [2.45, 2.75) is 57.5 Å². The highest BCUT2D eigenvalue weighted by Gasteiger charge is 2.22. The van der Waals surface area contributed by atoms with Gasteiger partial charge in [0.25, 0.3) is 5.56 Å². The first-order valence-electron chi connectivity index (χ1n) is 12.4. The van der Waals surface area contributed by atoms with Gasteiger partial charge in [-0.1, -0.05) is 54.4 Å². The zero-order chi connectivity index (χ0) is 26.2. The normalized spacial score (nSPS) is 11.3. The topological polar surface area (TPSA) is 65.8 Å². The first kappa shape index (κ1) is 27.9. The van der Waals surface area contributed by atoms with Gasteiger partial charge in [-0.3, -0.25) is 9.36 Å². The van der Waals surface area contributed by atoms with E-state index in [9.17, 15) is 4.79 Å². The zero-order valence-electron chi connectivity index (χ0n) is 22.6. The van der Waals surface area contributed by atoms with E-state index < -0.39 is 0 Å². The van der Waals surface area contributed by atoms with Crippen molar-refractivity contribution in [2.24, 2.45) is 0 Å². The van der Waals surface area contributed by atoms with Crippen LogP contribution in [0.15, 0.2) is 34.2 Å². The summed E-state index contributed by atoms with van der Waals surface area (Å²) in [6.45, 7) is 8.97. The van der Waals surface area contributed by atoms with Gasteiger partial charge < -0.3 is 19.1 Å². The number of ether oxygens (including phenoxy) is 3. The number of hydrogen-bond acceptors (Lipinski definition) is 7. The van der Waals surface area contributed by atoms with Crippen LogP contribution in [-0.2, 0) is 12.3 Å². The van der Waals surface area contributed by atoms with E-state index in [4.69, 9.17) is 19.2 Å². The van der Waals surface area contributed by atoms with Crippen LogP contribution in [0.5, 0.6) is 17.2 Å². The van der Waals surface area contributed by atoms with E-state index in [0.29, 0.717) is 45.6 Å². The lowest BCUT2D eigenvalue weighted by molar-refractivity contribution is 0.312. The van der Waals surface area contributed by atoms with Crippen LogP contribution >= 0.6 is 11.8 Å². The Morgan fingerprint density at radius 2 is 1.61 bits per heavy atom. The van der Waals surface area contributed by atoms with Crippen LogP contribution in [0.4, 0.5) is 0 Å². The van der Waals surface area contributed by atoms with E-state index in [0.717, 1.165) is 19.5 Å². The molecule has 0 unspecified atom stereocenters. The summed E-state index contributed by atoms with van der Waals surface area (Å²) < 4.78 is 18.5. The third-order valence-corrected chi connectivity index (χ3v) is 7.23. The summed E-state index contributed by atoms with van der Waals surface area (Å²) in [5.41, 5.74) is 4.04. The van der Waals surface area contributed by atoms with Crippen LogP contribution in [0.2, 0.25) is 0 Å². The van der Waals surface area contributed by atoms with Crippen molar-refractivity contribution in [1.29, 1.82) is 0 Å². The average molecular weight is 514 g/mol.